The summed E-state index contributed by atoms with van der Waals surface area (Å²) in [5.74, 6) is -0.160. The molecule has 2 nitrogen and oxygen atoms in total. The highest BCUT2D eigenvalue weighted by molar-refractivity contribution is 7.80. The summed E-state index contributed by atoms with van der Waals surface area (Å²) in [5, 5.41) is 4.09. The van der Waals surface area contributed by atoms with Crippen LogP contribution in [0.4, 0.5) is 4.39 Å². The van der Waals surface area contributed by atoms with Gasteiger partial charge in [-0.1, -0.05) is 60.9 Å². The van der Waals surface area contributed by atoms with Crippen LogP contribution in [0.5, 0.6) is 0 Å². The average Bonchev–Trinajstić information content (AvgIpc) is 3.14. The minimum Gasteiger partial charge on any atom is -0.358 e. The number of nitrogens with zero attached hydrogens (tertiary/aromatic N) is 1. The minimum absolute atomic E-state index is 0.160. The Hall–Kier alpha value is -1.94. The zero-order valence-electron chi connectivity index (χ0n) is 14.7. The van der Waals surface area contributed by atoms with Crippen molar-refractivity contribution >= 4 is 17.3 Å². The molecule has 0 aliphatic heterocycles. The van der Waals surface area contributed by atoms with E-state index in [0.717, 1.165) is 18.0 Å². The fraction of sp³-hybridized carbons (Fsp3) is 0.381. The van der Waals surface area contributed by atoms with E-state index in [-0.39, 0.29) is 5.82 Å². The fourth-order valence-electron chi connectivity index (χ4n) is 3.38. The summed E-state index contributed by atoms with van der Waals surface area (Å²) < 4.78 is 14.1. The Morgan fingerprint density at radius 2 is 1.80 bits per heavy atom. The van der Waals surface area contributed by atoms with E-state index in [9.17, 15) is 4.39 Å². The molecule has 0 bridgehead atoms. The second kappa shape index (κ2) is 8.43. The molecule has 0 amide bonds. The molecule has 1 aliphatic carbocycles. The zero-order chi connectivity index (χ0) is 17.6. The van der Waals surface area contributed by atoms with E-state index in [0.29, 0.717) is 24.7 Å². The smallest absolute Gasteiger partial charge is 0.169 e. The Morgan fingerprint density at radius 1 is 1.12 bits per heavy atom. The molecule has 0 radical (unpaired) electrons. The van der Waals surface area contributed by atoms with E-state index in [1.807, 2.05) is 12.1 Å². The summed E-state index contributed by atoms with van der Waals surface area (Å²) in [6.07, 6.45) is 4.69. The van der Waals surface area contributed by atoms with Gasteiger partial charge in [0, 0.05) is 24.7 Å². The number of nitrogens with one attached hydrogen (secondary N) is 1. The van der Waals surface area contributed by atoms with Crippen LogP contribution in [-0.4, -0.2) is 16.1 Å². The molecule has 0 aromatic heterocycles. The maximum Gasteiger partial charge on any atom is 0.169 e. The fourth-order valence-corrected chi connectivity index (χ4v) is 3.66. The van der Waals surface area contributed by atoms with Crippen molar-refractivity contribution in [2.24, 2.45) is 0 Å². The van der Waals surface area contributed by atoms with Gasteiger partial charge in [-0.3, -0.25) is 0 Å². The summed E-state index contributed by atoms with van der Waals surface area (Å²) in [4.78, 5) is 2.18. The summed E-state index contributed by atoms with van der Waals surface area (Å²) in [6.45, 7) is 3.30. The van der Waals surface area contributed by atoms with Crippen LogP contribution >= 0.6 is 12.2 Å². The number of hydrogen-bond donors (Lipinski definition) is 1. The summed E-state index contributed by atoms with van der Waals surface area (Å²) in [7, 11) is 0. The standard InChI is InChI=1S/C21H25FN2S/c1-16-10-12-17(13-11-16)14-23-21(25)24(19-7-3-4-8-19)15-18-6-2-5-9-20(18)22/h2,5-6,9-13,19H,3-4,7-8,14-15H2,1H3,(H,23,25). The Kier molecular flexibility index (Phi) is 6.03. The van der Waals surface area contributed by atoms with E-state index in [4.69, 9.17) is 12.2 Å². The number of halogens is 1. The highest BCUT2D eigenvalue weighted by Gasteiger charge is 2.25. The van der Waals surface area contributed by atoms with E-state index < -0.39 is 0 Å². The van der Waals surface area contributed by atoms with Crippen LogP contribution < -0.4 is 5.32 Å². The lowest BCUT2D eigenvalue weighted by Crippen LogP contribution is -2.44. The van der Waals surface area contributed by atoms with Crippen molar-refractivity contribution in [1.82, 2.24) is 10.2 Å². The number of hydrogen-bond acceptors (Lipinski definition) is 1. The van der Waals surface area contributed by atoms with E-state index in [1.54, 1.807) is 6.07 Å². The second-order valence-corrected chi connectivity index (χ2v) is 7.19. The summed E-state index contributed by atoms with van der Waals surface area (Å²) in [5.41, 5.74) is 3.15. The maximum absolute atomic E-state index is 14.1. The second-order valence-electron chi connectivity index (χ2n) is 6.80. The first-order valence-electron chi connectivity index (χ1n) is 8.97. The first-order chi connectivity index (χ1) is 12.1. The molecule has 1 aliphatic rings. The molecule has 25 heavy (non-hydrogen) atoms. The molecule has 1 fully saturated rings. The monoisotopic (exact) mass is 356 g/mol. The predicted molar refractivity (Wildman–Crippen MR) is 105 cm³/mol. The van der Waals surface area contributed by atoms with Gasteiger partial charge in [0.05, 0.1) is 0 Å². The number of thiocarbonyl (C=S) groups is 1. The van der Waals surface area contributed by atoms with Crippen molar-refractivity contribution in [2.45, 2.75) is 51.7 Å². The lowest BCUT2D eigenvalue weighted by Gasteiger charge is -2.32. The van der Waals surface area contributed by atoms with Crippen LogP contribution in [0.1, 0.15) is 42.4 Å². The normalized spacial score (nSPS) is 14.5. The Balaban J connectivity index is 1.68. The van der Waals surface area contributed by atoms with Gasteiger partial charge in [-0.25, -0.2) is 4.39 Å². The maximum atomic E-state index is 14.1. The van der Waals surface area contributed by atoms with Crippen LogP contribution in [0.2, 0.25) is 0 Å². The Labute approximate surface area is 155 Å². The quantitative estimate of drug-likeness (QED) is 0.763. The van der Waals surface area contributed by atoms with Crippen molar-refractivity contribution in [2.75, 3.05) is 0 Å². The van der Waals surface area contributed by atoms with Crippen molar-refractivity contribution in [3.8, 4) is 0 Å². The van der Waals surface area contributed by atoms with Crippen molar-refractivity contribution in [3.05, 3.63) is 71.0 Å². The average molecular weight is 357 g/mol. The summed E-state index contributed by atoms with van der Waals surface area (Å²) in [6, 6.07) is 15.8. The van der Waals surface area contributed by atoms with E-state index in [1.165, 1.54) is 30.0 Å². The first kappa shape index (κ1) is 17.9. The summed E-state index contributed by atoms with van der Waals surface area (Å²) >= 11 is 5.67. The molecule has 132 valence electrons. The van der Waals surface area contributed by atoms with Crippen LogP contribution in [0.3, 0.4) is 0 Å². The van der Waals surface area contributed by atoms with Gasteiger partial charge in [0.15, 0.2) is 5.11 Å². The van der Waals surface area contributed by atoms with Gasteiger partial charge in [0.25, 0.3) is 0 Å². The Bertz CT molecular complexity index is 708. The third-order valence-electron chi connectivity index (χ3n) is 4.89. The third-order valence-corrected chi connectivity index (χ3v) is 5.27. The van der Waals surface area contributed by atoms with Crippen molar-refractivity contribution < 1.29 is 4.39 Å². The van der Waals surface area contributed by atoms with E-state index in [2.05, 4.69) is 41.4 Å². The minimum atomic E-state index is -0.160. The van der Waals surface area contributed by atoms with Gasteiger partial charge in [-0.05, 0) is 43.6 Å². The molecule has 0 spiro atoms. The topological polar surface area (TPSA) is 15.3 Å². The van der Waals surface area contributed by atoms with Crippen molar-refractivity contribution in [1.29, 1.82) is 0 Å². The zero-order valence-corrected chi connectivity index (χ0v) is 15.5. The highest BCUT2D eigenvalue weighted by atomic mass is 32.1. The molecule has 2 aromatic rings. The highest BCUT2D eigenvalue weighted by Crippen LogP contribution is 2.25. The molecular weight excluding hydrogens is 331 g/mol. The molecule has 3 rings (SSSR count). The number of aryl methyl sites for hydroxylation is 1. The molecule has 0 atom stereocenters. The van der Waals surface area contributed by atoms with Crippen LogP contribution in [0, 0.1) is 12.7 Å². The third kappa shape index (κ3) is 4.79. The lowest BCUT2D eigenvalue weighted by atomic mass is 10.1. The molecule has 0 saturated heterocycles. The van der Waals surface area contributed by atoms with Gasteiger partial charge in [0.2, 0.25) is 0 Å². The van der Waals surface area contributed by atoms with Crippen LogP contribution in [0.25, 0.3) is 0 Å². The lowest BCUT2D eigenvalue weighted by molar-refractivity contribution is 0.299. The Morgan fingerprint density at radius 3 is 2.48 bits per heavy atom. The number of benzene rings is 2. The molecule has 2 aromatic carbocycles. The van der Waals surface area contributed by atoms with Gasteiger partial charge in [-0.2, -0.15) is 0 Å². The predicted octanol–water partition coefficient (Wildman–Crippen LogP) is 4.95. The number of rotatable bonds is 5. The van der Waals surface area contributed by atoms with Gasteiger partial charge in [0.1, 0.15) is 5.82 Å². The largest absolute Gasteiger partial charge is 0.358 e. The van der Waals surface area contributed by atoms with Gasteiger partial charge in [-0.15, -0.1) is 0 Å². The molecule has 1 saturated carbocycles. The molecule has 1 N–H and O–H groups in total. The molecular formula is C21H25FN2S. The van der Waals surface area contributed by atoms with Gasteiger partial charge < -0.3 is 10.2 Å². The molecule has 4 heteroatoms. The van der Waals surface area contributed by atoms with E-state index >= 15 is 0 Å². The SMILES string of the molecule is Cc1ccc(CNC(=S)N(Cc2ccccc2F)C2CCCC2)cc1. The van der Waals surface area contributed by atoms with Crippen LogP contribution in [0.15, 0.2) is 48.5 Å². The van der Waals surface area contributed by atoms with Gasteiger partial charge >= 0.3 is 0 Å². The van der Waals surface area contributed by atoms with Crippen molar-refractivity contribution in [3.63, 3.8) is 0 Å². The molecule has 0 unspecified atom stereocenters. The first-order valence-corrected chi connectivity index (χ1v) is 9.38. The molecule has 0 heterocycles. The van der Waals surface area contributed by atoms with Crippen LogP contribution in [-0.2, 0) is 13.1 Å².